The Balaban J connectivity index is 2.53. The van der Waals surface area contributed by atoms with Crippen LogP contribution in [-0.4, -0.2) is 5.30 Å². The van der Waals surface area contributed by atoms with Crippen LogP contribution >= 0.6 is 24.2 Å². The van der Waals surface area contributed by atoms with Crippen molar-refractivity contribution in [3.05, 3.63) is 34.9 Å². The molecule has 0 aliphatic carbocycles. The lowest BCUT2D eigenvalue weighted by atomic mass is 10.2. The predicted octanol–water partition coefficient (Wildman–Crippen LogP) is 2.91. The summed E-state index contributed by atoms with van der Waals surface area (Å²) in [5.41, 5.74) is 0.891. The molecule has 4 heteroatoms. The highest BCUT2D eigenvalue weighted by Gasteiger charge is 1.95. The second-order valence-electron chi connectivity index (χ2n) is 2.18. The molecule has 0 saturated heterocycles. The van der Waals surface area contributed by atoms with Gasteiger partial charge in [-0.1, -0.05) is 36.4 Å². The van der Waals surface area contributed by atoms with Crippen molar-refractivity contribution in [2.24, 2.45) is 0 Å². The molecule has 0 saturated carbocycles. The van der Waals surface area contributed by atoms with E-state index in [1.807, 2.05) is 0 Å². The van der Waals surface area contributed by atoms with Crippen molar-refractivity contribution < 1.29 is 9.53 Å². The van der Waals surface area contributed by atoms with Crippen molar-refractivity contribution in [2.45, 2.75) is 6.61 Å². The van der Waals surface area contributed by atoms with Gasteiger partial charge in [-0.2, -0.15) is 0 Å². The summed E-state index contributed by atoms with van der Waals surface area (Å²) in [6.45, 7) is 0.236. The molecule has 1 rings (SSSR count). The summed E-state index contributed by atoms with van der Waals surface area (Å²) in [4.78, 5) is 10.3. The summed E-state index contributed by atoms with van der Waals surface area (Å²) in [5, 5.41) is 0.0842. The van der Waals surface area contributed by atoms with E-state index in [1.54, 1.807) is 24.3 Å². The van der Waals surface area contributed by atoms with Crippen molar-refractivity contribution in [1.82, 2.24) is 0 Å². The quantitative estimate of drug-likeness (QED) is 0.590. The van der Waals surface area contributed by atoms with Gasteiger partial charge in [0.05, 0.1) is 0 Å². The molecule has 64 valence electrons. The highest BCUT2D eigenvalue weighted by Crippen LogP contribution is 2.10. The summed E-state index contributed by atoms with van der Waals surface area (Å²) >= 11 is 9.11. The van der Waals surface area contributed by atoms with E-state index in [9.17, 15) is 4.79 Å². The molecular formula is C8H7ClO2S. The van der Waals surface area contributed by atoms with Crippen LogP contribution in [-0.2, 0) is 11.3 Å². The van der Waals surface area contributed by atoms with Gasteiger partial charge in [-0.05, 0) is 17.7 Å². The van der Waals surface area contributed by atoms with E-state index in [1.165, 1.54) is 0 Å². The Bertz CT molecular complexity index is 271. The van der Waals surface area contributed by atoms with Crippen LogP contribution in [0, 0.1) is 0 Å². The average molecular weight is 203 g/mol. The molecule has 1 aromatic rings. The molecule has 0 fully saturated rings. The molecule has 0 bridgehead atoms. The number of carbonyl (C=O) groups excluding carboxylic acids is 1. The third-order valence-electron chi connectivity index (χ3n) is 1.28. The van der Waals surface area contributed by atoms with Gasteiger partial charge in [-0.25, -0.2) is 4.79 Å². The van der Waals surface area contributed by atoms with Gasteiger partial charge in [0.15, 0.2) is 0 Å². The number of benzene rings is 1. The molecule has 0 aromatic heterocycles. The van der Waals surface area contributed by atoms with E-state index in [0.717, 1.165) is 5.56 Å². The molecule has 2 nitrogen and oxygen atoms in total. The van der Waals surface area contributed by atoms with E-state index in [0.29, 0.717) is 5.02 Å². The van der Waals surface area contributed by atoms with Crippen LogP contribution in [0.4, 0.5) is 4.79 Å². The average Bonchev–Trinajstić information content (AvgIpc) is 2.03. The minimum atomic E-state index is -0.579. The molecule has 0 aliphatic heterocycles. The molecule has 0 atom stereocenters. The van der Waals surface area contributed by atoms with Crippen LogP contribution in [0.2, 0.25) is 5.02 Å². The summed E-state index contributed by atoms with van der Waals surface area (Å²) in [6.07, 6.45) is 0. The van der Waals surface area contributed by atoms with E-state index in [2.05, 4.69) is 17.4 Å². The number of carbonyl (C=O) groups is 1. The topological polar surface area (TPSA) is 26.3 Å². The first kappa shape index (κ1) is 9.42. The van der Waals surface area contributed by atoms with Gasteiger partial charge >= 0.3 is 5.30 Å². The Morgan fingerprint density at radius 1 is 1.42 bits per heavy atom. The van der Waals surface area contributed by atoms with Gasteiger partial charge in [0, 0.05) is 5.02 Å². The Kier molecular flexibility index (Phi) is 3.44. The molecular weight excluding hydrogens is 196 g/mol. The van der Waals surface area contributed by atoms with Crippen LogP contribution in [0.1, 0.15) is 5.56 Å². The molecule has 0 heterocycles. The zero-order valence-electron chi connectivity index (χ0n) is 6.16. The molecule has 0 unspecified atom stereocenters. The summed E-state index contributed by atoms with van der Waals surface area (Å²) in [7, 11) is 0. The number of hydrogen-bond acceptors (Lipinski definition) is 2. The number of rotatable bonds is 2. The Morgan fingerprint density at radius 2 is 2.00 bits per heavy atom. The van der Waals surface area contributed by atoms with Crippen LogP contribution in [0.15, 0.2) is 24.3 Å². The van der Waals surface area contributed by atoms with Crippen LogP contribution in [0.25, 0.3) is 0 Å². The number of thiol groups is 1. The lowest BCUT2D eigenvalue weighted by molar-refractivity contribution is 0.169. The van der Waals surface area contributed by atoms with Gasteiger partial charge in [0.1, 0.15) is 6.61 Å². The molecule has 0 aliphatic rings. The maximum atomic E-state index is 10.3. The van der Waals surface area contributed by atoms with Crippen molar-refractivity contribution in [3.8, 4) is 0 Å². The lowest BCUT2D eigenvalue weighted by Crippen LogP contribution is -1.94. The minimum absolute atomic E-state index is 0.236. The fourth-order valence-corrected chi connectivity index (χ4v) is 0.916. The molecule has 0 amide bonds. The minimum Gasteiger partial charge on any atom is -0.453 e. The van der Waals surface area contributed by atoms with Crippen molar-refractivity contribution >= 4 is 29.5 Å². The van der Waals surface area contributed by atoms with E-state index >= 15 is 0 Å². The highest BCUT2D eigenvalue weighted by atomic mass is 35.5. The maximum absolute atomic E-state index is 10.3. The maximum Gasteiger partial charge on any atom is 0.364 e. The Morgan fingerprint density at radius 3 is 2.50 bits per heavy atom. The predicted molar refractivity (Wildman–Crippen MR) is 50.6 cm³/mol. The monoisotopic (exact) mass is 202 g/mol. The van der Waals surface area contributed by atoms with Gasteiger partial charge in [-0.3, -0.25) is 0 Å². The number of ether oxygens (including phenoxy) is 1. The van der Waals surface area contributed by atoms with E-state index in [4.69, 9.17) is 11.6 Å². The van der Waals surface area contributed by atoms with E-state index < -0.39 is 5.30 Å². The van der Waals surface area contributed by atoms with Crippen LogP contribution in [0.5, 0.6) is 0 Å². The van der Waals surface area contributed by atoms with Crippen LogP contribution < -0.4 is 0 Å². The van der Waals surface area contributed by atoms with Crippen molar-refractivity contribution in [2.75, 3.05) is 0 Å². The molecule has 1 aromatic carbocycles. The van der Waals surface area contributed by atoms with Gasteiger partial charge in [0.25, 0.3) is 0 Å². The number of halogens is 1. The van der Waals surface area contributed by atoms with Crippen molar-refractivity contribution in [1.29, 1.82) is 0 Å². The lowest BCUT2D eigenvalue weighted by Gasteiger charge is -2.00. The zero-order valence-corrected chi connectivity index (χ0v) is 7.81. The highest BCUT2D eigenvalue weighted by molar-refractivity contribution is 7.96. The second kappa shape index (κ2) is 4.38. The third kappa shape index (κ3) is 3.15. The second-order valence-corrected chi connectivity index (χ2v) is 2.98. The SMILES string of the molecule is O=C(S)OCc1ccc(Cl)cc1. The van der Waals surface area contributed by atoms with Gasteiger partial charge in [0.2, 0.25) is 0 Å². The Hall–Kier alpha value is -0.670. The van der Waals surface area contributed by atoms with Crippen molar-refractivity contribution in [3.63, 3.8) is 0 Å². The first-order valence-electron chi connectivity index (χ1n) is 3.28. The molecule has 0 N–H and O–H groups in total. The Labute approximate surface area is 80.9 Å². The van der Waals surface area contributed by atoms with Gasteiger partial charge < -0.3 is 4.74 Å². The molecule has 12 heavy (non-hydrogen) atoms. The zero-order chi connectivity index (χ0) is 8.97. The summed E-state index contributed by atoms with van der Waals surface area (Å²) in [5.74, 6) is 0. The molecule has 0 radical (unpaired) electrons. The third-order valence-corrected chi connectivity index (χ3v) is 1.66. The smallest absolute Gasteiger partial charge is 0.364 e. The fraction of sp³-hybridized carbons (Fsp3) is 0.125. The first-order chi connectivity index (χ1) is 5.68. The number of hydrogen-bond donors (Lipinski definition) is 1. The first-order valence-corrected chi connectivity index (χ1v) is 4.11. The standard InChI is InChI=1S/C8H7ClO2S/c9-7-3-1-6(2-4-7)5-11-8(10)12/h1-4H,5H2,(H,10,12). The normalized spacial score (nSPS) is 9.50. The summed E-state index contributed by atoms with van der Waals surface area (Å²) in [6, 6.07) is 7.06. The van der Waals surface area contributed by atoms with E-state index in [-0.39, 0.29) is 6.61 Å². The summed E-state index contributed by atoms with van der Waals surface area (Å²) < 4.78 is 4.65. The molecule has 0 spiro atoms. The van der Waals surface area contributed by atoms with Gasteiger partial charge in [-0.15, -0.1) is 0 Å². The van der Waals surface area contributed by atoms with Crippen LogP contribution in [0.3, 0.4) is 0 Å². The fourth-order valence-electron chi connectivity index (χ4n) is 0.726. The largest absolute Gasteiger partial charge is 0.453 e.